The van der Waals surface area contributed by atoms with Crippen LogP contribution in [0.3, 0.4) is 0 Å². The lowest BCUT2D eigenvalue weighted by Crippen LogP contribution is -2.40. The molecule has 1 aliphatic heterocycles. The summed E-state index contributed by atoms with van der Waals surface area (Å²) >= 11 is 1.66. The van der Waals surface area contributed by atoms with Gasteiger partial charge in [-0.05, 0) is 49.6 Å². The Balaban J connectivity index is 2.14. The van der Waals surface area contributed by atoms with Crippen LogP contribution in [0.1, 0.15) is 38.8 Å². The highest BCUT2D eigenvalue weighted by Crippen LogP contribution is 2.30. The van der Waals surface area contributed by atoms with E-state index in [1.54, 1.807) is 16.2 Å². The molecule has 2 heterocycles. The van der Waals surface area contributed by atoms with Gasteiger partial charge in [-0.25, -0.2) is 4.79 Å². The molecule has 2 rings (SSSR count). The highest BCUT2D eigenvalue weighted by molar-refractivity contribution is 7.07. The molecule has 1 unspecified atom stereocenters. The average Bonchev–Trinajstić information content (AvgIpc) is 2.80. The van der Waals surface area contributed by atoms with Gasteiger partial charge in [0.05, 0.1) is 6.04 Å². The molecule has 0 radical (unpaired) electrons. The standard InChI is InChI=1S/C14H19NO2S/c1-14(2,3)17-13(16)15-8-5-4-6-12(15)11-7-9-18-10-11/h4-5,7,9-10,12H,6,8H2,1-3H3. The topological polar surface area (TPSA) is 29.5 Å². The Labute approximate surface area is 112 Å². The molecule has 1 aromatic heterocycles. The lowest BCUT2D eigenvalue weighted by Gasteiger charge is -2.34. The van der Waals surface area contributed by atoms with Gasteiger partial charge in [-0.15, -0.1) is 0 Å². The van der Waals surface area contributed by atoms with Gasteiger partial charge >= 0.3 is 6.09 Å². The zero-order valence-corrected chi connectivity index (χ0v) is 11.9. The molecule has 0 N–H and O–H groups in total. The van der Waals surface area contributed by atoms with Gasteiger partial charge in [0.25, 0.3) is 0 Å². The first-order valence-corrected chi connectivity index (χ1v) is 7.08. The minimum absolute atomic E-state index is 0.107. The molecule has 0 saturated heterocycles. The SMILES string of the molecule is CC(C)(C)OC(=O)N1CC=CCC1c1ccsc1. The quantitative estimate of drug-likeness (QED) is 0.719. The van der Waals surface area contributed by atoms with Gasteiger partial charge in [-0.1, -0.05) is 12.2 Å². The van der Waals surface area contributed by atoms with E-state index in [1.165, 1.54) is 5.56 Å². The number of amides is 1. The second-order valence-electron chi connectivity index (χ2n) is 5.41. The van der Waals surface area contributed by atoms with Gasteiger partial charge in [0.1, 0.15) is 5.60 Å². The summed E-state index contributed by atoms with van der Waals surface area (Å²) in [5.41, 5.74) is 0.743. The Bertz CT molecular complexity index is 431. The van der Waals surface area contributed by atoms with Crippen molar-refractivity contribution in [1.29, 1.82) is 0 Å². The van der Waals surface area contributed by atoms with Crippen LogP contribution >= 0.6 is 11.3 Å². The lowest BCUT2D eigenvalue weighted by atomic mass is 10.0. The van der Waals surface area contributed by atoms with Crippen LogP contribution in [0, 0.1) is 0 Å². The van der Waals surface area contributed by atoms with E-state index in [0.29, 0.717) is 6.54 Å². The Morgan fingerprint density at radius 3 is 2.83 bits per heavy atom. The van der Waals surface area contributed by atoms with Gasteiger partial charge in [-0.2, -0.15) is 11.3 Å². The van der Waals surface area contributed by atoms with E-state index in [1.807, 2.05) is 32.2 Å². The molecule has 18 heavy (non-hydrogen) atoms. The molecular formula is C14H19NO2S. The van der Waals surface area contributed by atoms with Gasteiger partial charge in [0.2, 0.25) is 0 Å². The predicted molar refractivity (Wildman–Crippen MR) is 73.8 cm³/mol. The first-order valence-electron chi connectivity index (χ1n) is 6.14. The summed E-state index contributed by atoms with van der Waals surface area (Å²) in [6, 6.07) is 2.18. The molecule has 0 aromatic carbocycles. The Morgan fingerprint density at radius 1 is 1.44 bits per heavy atom. The third kappa shape index (κ3) is 3.13. The monoisotopic (exact) mass is 265 g/mol. The first-order chi connectivity index (χ1) is 8.47. The van der Waals surface area contributed by atoms with E-state index in [9.17, 15) is 4.79 Å². The van der Waals surface area contributed by atoms with Gasteiger partial charge in [0, 0.05) is 6.54 Å². The summed E-state index contributed by atoms with van der Waals surface area (Å²) in [5.74, 6) is 0. The van der Waals surface area contributed by atoms with Crippen molar-refractivity contribution in [3.05, 3.63) is 34.5 Å². The van der Waals surface area contributed by atoms with Crippen LogP contribution in [0.25, 0.3) is 0 Å². The van der Waals surface area contributed by atoms with Crippen molar-refractivity contribution in [3.63, 3.8) is 0 Å². The van der Waals surface area contributed by atoms with E-state index in [0.717, 1.165) is 6.42 Å². The van der Waals surface area contributed by atoms with Crippen LogP contribution in [0.2, 0.25) is 0 Å². The molecule has 1 aromatic rings. The maximum atomic E-state index is 12.2. The fraction of sp³-hybridized carbons (Fsp3) is 0.500. The molecule has 0 bridgehead atoms. The van der Waals surface area contributed by atoms with E-state index in [-0.39, 0.29) is 12.1 Å². The Morgan fingerprint density at radius 2 is 2.22 bits per heavy atom. The van der Waals surface area contributed by atoms with E-state index >= 15 is 0 Å². The van der Waals surface area contributed by atoms with Gasteiger partial charge in [0.15, 0.2) is 0 Å². The van der Waals surface area contributed by atoms with Crippen LogP contribution in [-0.2, 0) is 4.74 Å². The largest absolute Gasteiger partial charge is 0.444 e. The number of thiophene rings is 1. The van der Waals surface area contributed by atoms with Crippen molar-refractivity contribution in [2.75, 3.05) is 6.54 Å². The van der Waals surface area contributed by atoms with Gasteiger partial charge < -0.3 is 4.74 Å². The number of carbonyl (C=O) groups is 1. The van der Waals surface area contributed by atoms with Crippen molar-refractivity contribution in [2.24, 2.45) is 0 Å². The van der Waals surface area contributed by atoms with E-state index < -0.39 is 5.60 Å². The minimum atomic E-state index is -0.447. The van der Waals surface area contributed by atoms with Crippen LogP contribution in [-0.4, -0.2) is 23.1 Å². The smallest absolute Gasteiger partial charge is 0.411 e. The molecule has 1 aliphatic rings. The number of hydrogen-bond acceptors (Lipinski definition) is 3. The normalized spacial score (nSPS) is 19.9. The molecular weight excluding hydrogens is 246 g/mol. The van der Waals surface area contributed by atoms with E-state index in [4.69, 9.17) is 4.74 Å². The van der Waals surface area contributed by atoms with Crippen LogP contribution < -0.4 is 0 Å². The van der Waals surface area contributed by atoms with Crippen molar-refractivity contribution >= 4 is 17.4 Å². The van der Waals surface area contributed by atoms with Crippen LogP contribution in [0.4, 0.5) is 4.79 Å². The molecule has 1 atom stereocenters. The molecule has 0 fully saturated rings. The summed E-state index contributed by atoms with van der Waals surface area (Å²) in [6.45, 7) is 6.30. The highest BCUT2D eigenvalue weighted by Gasteiger charge is 2.29. The van der Waals surface area contributed by atoms with Crippen molar-refractivity contribution in [3.8, 4) is 0 Å². The Kier molecular flexibility index (Phi) is 3.76. The second-order valence-corrected chi connectivity index (χ2v) is 6.19. The molecule has 4 heteroatoms. The average molecular weight is 265 g/mol. The second kappa shape index (κ2) is 5.14. The summed E-state index contributed by atoms with van der Waals surface area (Å²) < 4.78 is 5.46. The summed E-state index contributed by atoms with van der Waals surface area (Å²) in [5, 5.41) is 4.14. The zero-order valence-electron chi connectivity index (χ0n) is 11.1. The highest BCUT2D eigenvalue weighted by atomic mass is 32.1. The number of nitrogens with zero attached hydrogens (tertiary/aromatic N) is 1. The van der Waals surface area contributed by atoms with Crippen LogP contribution in [0.15, 0.2) is 29.0 Å². The predicted octanol–water partition coefficient (Wildman–Crippen LogP) is 3.99. The number of ether oxygens (including phenoxy) is 1. The zero-order chi connectivity index (χ0) is 13.2. The molecule has 0 spiro atoms. The molecule has 0 saturated carbocycles. The number of carbonyl (C=O) groups excluding carboxylic acids is 1. The molecule has 0 aliphatic carbocycles. The third-order valence-corrected chi connectivity index (χ3v) is 3.46. The summed E-state index contributed by atoms with van der Waals surface area (Å²) in [6.07, 6.45) is 4.77. The fourth-order valence-corrected chi connectivity index (χ4v) is 2.68. The fourth-order valence-electron chi connectivity index (χ4n) is 1.97. The minimum Gasteiger partial charge on any atom is -0.444 e. The molecule has 3 nitrogen and oxygen atoms in total. The first kappa shape index (κ1) is 13.1. The van der Waals surface area contributed by atoms with Crippen molar-refractivity contribution < 1.29 is 9.53 Å². The summed E-state index contributed by atoms with van der Waals surface area (Å²) in [4.78, 5) is 14.0. The maximum Gasteiger partial charge on any atom is 0.411 e. The van der Waals surface area contributed by atoms with Crippen LogP contribution in [0.5, 0.6) is 0 Å². The Hall–Kier alpha value is -1.29. The lowest BCUT2D eigenvalue weighted by molar-refractivity contribution is 0.0176. The number of rotatable bonds is 1. The maximum absolute atomic E-state index is 12.2. The van der Waals surface area contributed by atoms with Crippen molar-refractivity contribution in [2.45, 2.75) is 38.8 Å². The van der Waals surface area contributed by atoms with Gasteiger partial charge in [-0.3, -0.25) is 4.90 Å². The van der Waals surface area contributed by atoms with E-state index in [2.05, 4.69) is 17.5 Å². The summed E-state index contributed by atoms with van der Waals surface area (Å²) in [7, 11) is 0. The van der Waals surface area contributed by atoms with Crippen molar-refractivity contribution in [1.82, 2.24) is 4.90 Å². The molecule has 98 valence electrons. The number of hydrogen-bond donors (Lipinski definition) is 0. The molecule has 1 amide bonds. The third-order valence-electron chi connectivity index (χ3n) is 2.76.